The Morgan fingerprint density at radius 2 is 2.20 bits per heavy atom. The third kappa shape index (κ3) is 2.16. The average molecular weight is 202 g/mol. The molecule has 2 aromatic rings. The van der Waals surface area contributed by atoms with E-state index < -0.39 is 0 Å². The second-order valence-corrected chi connectivity index (χ2v) is 3.42. The van der Waals surface area contributed by atoms with E-state index >= 15 is 0 Å². The highest BCUT2D eigenvalue weighted by atomic mass is 14.9. The number of nitrogens with two attached hydrogens (primary N) is 2. The largest absolute Gasteiger partial charge is 0.399 e. The number of aromatic nitrogens is 2. The first kappa shape index (κ1) is 9.73. The van der Waals surface area contributed by atoms with Crippen LogP contribution in [0.15, 0.2) is 30.5 Å². The maximum Gasteiger partial charge on any atom is 0.137 e. The van der Waals surface area contributed by atoms with Crippen LogP contribution in [0, 0.1) is 0 Å². The summed E-state index contributed by atoms with van der Waals surface area (Å²) in [6, 6.07) is 7.63. The van der Waals surface area contributed by atoms with Gasteiger partial charge in [-0.25, -0.2) is 4.98 Å². The molecule has 0 amide bonds. The lowest BCUT2D eigenvalue weighted by molar-refractivity contribution is 0.936. The standard InChI is InChI=1S/C11H14N4/c12-5-4-10-7-14-11(15-10)8-2-1-3-9(13)6-8/h1-3,6-7H,4-5,12-13H2,(H,14,15). The Labute approximate surface area is 88.3 Å². The lowest BCUT2D eigenvalue weighted by atomic mass is 10.2. The Balaban J connectivity index is 2.29. The van der Waals surface area contributed by atoms with Crippen LogP contribution in [0.1, 0.15) is 5.69 Å². The molecular weight excluding hydrogens is 188 g/mol. The first-order valence-corrected chi connectivity index (χ1v) is 4.89. The summed E-state index contributed by atoms with van der Waals surface area (Å²) < 4.78 is 0. The number of rotatable bonds is 3. The molecule has 15 heavy (non-hydrogen) atoms. The van der Waals surface area contributed by atoms with Crippen molar-refractivity contribution in [2.45, 2.75) is 6.42 Å². The van der Waals surface area contributed by atoms with E-state index in [9.17, 15) is 0 Å². The summed E-state index contributed by atoms with van der Waals surface area (Å²) in [6.45, 7) is 0.624. The number of hydrogen-bond acceptors (Lipinski definition) is 3. The van der Waals surface area contributed by atoms with Gasteiger partial charge < -0.3 is 16.5 Å². The summed E-state index contributed by atoms with van der Waals surface area (Å²) in [6.07, 6.45) is 2.63. The number of benzene rings is 1. The number of nitrogens with one attached hydrogen (secondary N) is 1. The molecule has 0 saturated heterocycles. The predicted molar refractivity (Wildman–Crippen MR) is 61.2 cm³/mol. The second-order valence-electron chi connectivity index (χ2n) is 3.42. The fourth-order valence-corrected chi connectivity index (χ4v) is 1.47. The highest BCUT2D eigenvalue weighted by Crippen LogP contribution is 2.18. The van der Waals surface area contributed by atoms with Gasteiger partial charge in [-0.1, -0.05) is 12.1 Å². The molecule has 0 radical (unpaired) electrons. The topological polar surface area (TPSA) is 80.7 Å². The molecule has 1 aromatic carbocycles. The second kappa shape index (κ2) is 4.14. The van der Waals surface area contributed by atoms with Gasteiger partial charge in [0, 0.05) is 29.6 Å². The van der Waals surface area contributed by atoms with Gasteiger partial charge in [0.15, 0.2) is 0 Å². The summed E-state index contributed by atoms with van der Waals surface area (Å²) >= 11 is 0. The van der Waals surface area contributed by atoms with E-state index in [-0.39, 0.29) is 0 Å². The number of nitrogen functional groups attached to an aromatic ring is 1. The molecule has 0 aliphatic heterocycles. The van der Waals surface area contributed by atoms with Crippen LogP contribution in [0.25, 0.3) is 11.4 Å². The number of aromatic amines is 1. The summed E-state index contributed by atoms with van der Waals surface area (Å²) in [5.41, 5.74) is 14.0. The highest BCUT2D eigenvalue weighted by molar-refractivity contribution is 5.61. The normalized spacial score (nSPS) is 10.5. The van der Waals surface area contributed by atoms with Gasteiger partial charge in [0.25, 0.3) is 0 Å². The molecule has 0 bridgehead atoms. The minimum absolute atomic E-state index is 0.624. The van der Waals surface area contributed by atoms with Crippen molar-refractivity contribution in [2.75, 3.05) is 12.3 Å². The van der Waals surface area contributed by atoms with E-state index in [0.29, 0.717) is 6.54 Å². The fraction of sp³-hybridized carbons (Fsp3) is 0.182. The molecule has 4 heteroatoms. The quantitative estimate of drug-likeness (QED) is 0.653. The molecule has 0 fully saturated rings. The van der Waals surface area contributed by atoms with Gasteiger partial charge in [-0.3, -0.25) is 0 Å². The maximum absolute atomic E-state index is 5.70. The molecule has 4 nitrogen and oxygen atoms in total. The van der Waals surface area contributed by atoms with Crippen molar-refractivity contribution in [1.29, 1.82) is 0 Å². The number of nitrogens with zero attached hydrogens (tertiary/aromatic N) is 1. The first-order valence-electron chi connectivity index (χ1n) is 4.89. The predicted octanol–water partition coefficient (Wildman–Crippen LogP) is 1.16. The van der Waals surface area contributed by atoms with Gasteiger partial charge in [0.05, 0.1) is 0 Å². The molecule has 0 spiro atoms. The molecule has 2 rings (SSSR count). The highest BCUT2D eigenvalue weighted by Gasteiger charge is 2.02. The van der Waals surface area contributed by atoms with Crippen LogP contribution >= 0.6 is 0 Å². The third-order valence-corrected chi connectivity index (χ3v) is 2.20. The van der Waals surface area contributed by atoms with Gasteiger partial charge >= 0.3 is 0 Å². The van der Waals surface area contributed by atoms with Crippen LogP contribution < -0.4 is 11.5 Å². The van der Waals surface area contributed by atoms with E-state index in [1.165, 1.54) is 0 Å². The van der Waals surface area contributed by atoms with Crippen LogP contribution in [0.2, 0.25) is 0 Å². The summed E-state index contributed by atoms with van der Waals surface area (Å²) in [7, 11) is 0. The third-order valence-electron chi connectivity index (χ3n) is 2.20. The maximum atomic E-state index is 5.70. The van der Waals surface area contributed by atoms with Crippen molar-refractivity contribution >= 4 is 5.69 Å². The van der Waals surface area contributed by atoms with Crippen molar-refractivity contribution in [2.24, 2.45) is 5.73 Å². The molecular formula is C11H14N4. The molecule has 0 aliphatic carbocycles. The molecule has 1 heterocycles. The zero-order valence-corrected chi connectivity index (χ0v) is 8.40. The van der Waals surface area contributed by atoms with E-state index in [2.05, 4.69) is 9.97 Å². The monoisotopic (exact) mass is 202 g/mol. The molecule has 0 saturated carbocycles. The molecule has 5 N–H and O–H groups in total. The summed E-state index contributed by atoms with van der Waals surface area (Å²) in [5, 5.41) is 0. The zero-order chi connectivity index (χ0) is 10.7. The number of hydrogen-bond donors (Lipinski definition) is 3. The van der Waals surface area contributed by atoms with Gasteiger partial charge in [-0.15, -0.1) is 0 Å². The van der Waals surface area contributed by atoms with Gasteiger partial charge in [-0.05, 0) is 18.7 Å². The first-order chi connectivity index (χ1) is 7.29. The van der Waals surface area contributed by atoms with Crippen molar-refractivity contribution in [3.8, 4) is 11.4 Å². The van der Waals surface area contributed by atoms with E-state index in [1.807, 2.05) is 30.5 Å². The Morgan fingerprint density at radius 3 is 2.93 bits per heavy atom. The Morgan fingerprint density at radius 1 is 1.33 bits per heavy atom. The molecule has 1 aromatic heterocycles. The number of imidazole rings is 1. The molecule has 78 valence electrons. The summed E-state index contributed by atoms with van der Waals surface area (Å²) in [5.74, 6) is 0.839. The van der Waals surface area contributed by atoms with Crippen LogP contribution in [-0.2, 0) is 6.42 Å². The zero-order valence-electron chi connectivity index (χ0n) is 8.40. The van der Waals surface area contributed by atoms with Crippen molar-refractivity contribution in [3.05, 3.63) is 36.2 Å². The van der Waals surface area contributed by atoms with Crippen molar-refractivity contribution < 1.29 is 0 Å². The molecule has 0 aliphatic rings. The molecule has 0 unspecified atom stereocenters. The van der Waals surface area contributed by atoms with Crippen LogP contribution in [0.4, 0.5) is 5.69 Å². The van der Waals surface area contributed by atoms with Gasteiger partial charge in [0.2, 0.25) is 0 Å². The lowest BCUT2D eigenvalue weighted by Gasteiger charge is -1.98. The van der Waals surface area contributed by atoms with Crippen LogP contribution in [0.3, 0.4) is 0 Å². The smallest absolute Gasteiger partial charge is 0.137 e. The Bertz CT molecular complexity index is 447. The van der Waals surface area contributed by atoms with Crippen molar-refractivity contribution in [1.82, 2.24) is 9.97 Å². The van der Waals surface area contributed by atoms with E-state index in [4.69, 9.17) is 11.5 Å². The minimum Gasteiger partial charge on any atom is -0.399 e. The fourth-order valence-electron chi connectivity index (χ4n) is 1.47. The van der Waals surface area contributed by atoms with Crippen LogP contribution in [0.5, 0.6) is 0 Å². The lowest BCUT2D eigenvalue weighted by Crippen LogP contribution is -2.02. The summed E-state index contributed by atoms with van der Waals surface area (Å²) in [4.78, 5) is 7.49. The minimum atomic E-state index is 0.624. The number of H-pyrrole nitrogens is 1. The van der Waals surface area contributed by atoms with E-state index in [1.54, 1.807) is 0 Å². The SMILES string of the molecule is NCCc1cnc(-c2cccc(N)c2)[nH]1. The average Bonchev–Trinajstić information content (AvgIpc) is 2.67. The van der Waals surface area contributed by atoms with Gasteiger partial charge in [0.1, 0.15) is 5.82 Å². The van der Waals surface area contributed by atoms with Crippen LogP contribution in [-0.4, -0.2) is 16.5 Å². The Hall–Kier alpha value is -1.81. The van der Waals surface area contributed by atoms with Crippen molar-refractivity contribution in [3.63, 3.8) is 0 Å². The van der Waals surface area contributed by atoms with Gasteiger partial charge in [-0.2, -0.15) is 0 Å². The molecule has 0 atom stereocenters. The van der Waals surface area contributed by atoms with E-state index in [0.717, 1.165) is 29.2 Å². The Kier molecular flexibility index (Phi) is 2.69. The number of anilines is 1.